The van der Waals surface area contributed by atoms with Crippen molar-refractivity contribution in [3.05, 3.63) is 0 Å². The first-order valence-electron chi connectivity index (χ1n) is 43.2. The molecule has 0 fully saturated rings. The smallest absolute Gasteiger partial charge is 0.756 e. The average Bonchev–Trinajstić information content (AvgIpc) is 0.915. The van der Waals surface area contributed by atoms with E-state index in [-0.39, 0.29) is 136 Å². The van der Waals surface area contributed by atoms with E-state index in [2.05, 4.69) is 62.8 Å². The van der Waals surface area contributed by atoms with Crippen LogP contribution in [0.3, 0.4) is 0 Å². The van der Waals surface area contributed by atoms with Crippen molar-refractivity contribution in [2.75, 3.05) is 79.2 Å². The maximum Gasteiger partial charge on any atom is 1.00 e. The van der Waals surface area contributed by atoms with Crippen molar-refractivity contribution in [2.24, 2.45) is 0 Å². The summed E-state index contributed by atoms with van der Waals surface area (Å²) in [6.07, 6.45) is 54.2. The minimum absolute atomic E-state index is 0. The zero-order valence-electron chi connectivity index (χ0n) is 70.1. The number of amides is 4. The molecule has 0 rings (SSSR count). The van der Waals surface area contributed by atoms with Crippen LogP contribution in [0.1, 0.15) is 388 Å². The quantitative estimate of drug-likeness (QED) is 0.0145. The average molecular weight is 1600 g/mol. The van der Waals surface area contributed by atoms with Crippen molar-refractivity contribution in [3.8, 4) is 0 Å². The van der Waals surface area contributed by atoms with Gasteiger partial charge in [0.2, 0.25) is 0 Å². The number of phosphoric ester groups is 2. The largest absolute Gasteiger partial charge is 1.00 e. The number of unbranched alkanes of at least 4 members (excludes halogenated alkanes) is 42. The number of urea groups is 1. The molecule has 0 bridgehead atoms. The third-order valence-electron chi connectivity index (χ3n) is 18.9. The van der Waals surface area contributed by atoms with E-state index in [4.69, 9.17) is 46.5 Å². The Kier molecular flexibility index (Phi) is 86.2. The zero-order valence-corrected chi connectivity index (χ0v) is 75.9. The Balaban J connectivity index is -0.0000551. The van der Waals surface area contributed by atoms with Crippen LogP contribution < -0.4 is 90.2 Å². The summed E-state index contributed by atoms with van der Waals surface area (Å²) in [4.78, 5) is 90.8. The van der Waals surface area contributed by atoms with Crippen LogP contribution in [-0.4, -0.2) is 134 Å². The predicted octanol–water partition coefficient (Wildman–Crippen LogP) is 14.5. The van der Waals surface area contributed by atoms with E-state index in [1.54, 1.807) is 0 Å². The Hall–Kier alpha value is -1.11. The van der Waals surface area contributed by atoms with Crippen molar-refractivity contribution in [1.29, 1.82) is 0 Å². The van der Waals surface area contributed by atoms with E-state index in [0.29, 0.717) is 51.4 Å². The number of alkyl carbamates (subject to hydrolysis) is 2. The van der Waals surface area contributed by atoms with E-state index in [0.717, 1.165) is 141 Å². The van der Waals surface area contributed by atoms with Crippen LogP contribution in [0.25, 0.3) is 0 Å². The van der Waals surface area contributed by atoms with Gasteiger partial charge >= 0.3 is 89.3 Å². The summed E-state index contributed by atoms with van der Waals surface area (Å²) < 4.78 is 81.4. The van der Waals surface area contributed by atoms with Crippen LogP contribution >= 0.6 is 15.6 Å². The van der Waals surface area contributed by atoms with Gasteiger partial charge in [0.25, 0.3) is 15.6 Å². The van der Waals surface area contributed by atoms with Gasteiger partial charge in [-0.25, -0.2) is 14.4 Å². The first kappa shape index (κ1) is 111. The fraction of sp³-hybridized carbons (Fsp3) is 0.938. The van der Waals surface area contributed by atoms with Crippen molar-refractivity contribution >= 4 is 45.8 Å². The van der Waals surface area contributed by atoms with Crippen LogP contribution in [0.5, 0.6) is 0 Å². The minimum Gasteiger partial charge on any atom is -0.756 e. The molecule has 4 N–H and O–H groups in total. The summed E-state index contributed by atoms with van der Waals surface area (Å²) in [5.41, 5.74) is 0. The van der Waals surface area contributed by atoms with E-state index < -0.39 is 72.4 Å². The summed E-state index contributed by atoms with van der Waals surface area (Å²) in [6.45, 7) is 10.8. The molecule has 0 radical (unpaired) electrons. The topological polar surface area (TPSA) is 306 Å². The van der Waals surface area contributed by atoms with Crippen LogP contribution in [0.2, 0.25) is 0 Å². The molecule has 23 nitrogen and oxygen atoms in total. The molecule has 0 aliphatic heterocycles. The Morgan fingerprint density at radius 1 is 0.306 bits per heavy atom. The molecule has 0 aromatic carbocycles. The van der Waals surface area contributed by atoms with Crippen LogP contribution in [-0.2, 0) is 65.2 Å². The molecule has 27 heteroatoms. The van der Waals surface area contributed by atoms with Gasteiger partial charge in [0.1, 0.15) is 12.2 Å². The molecule has 628 valence electrons. The molecule has 2 unspecified atom stereocenters. The number of carbonyl (C=O) groups excluding carboxylic acids is 5. The number of hydrogen-bond donors (Lipinski definition) is 4. The summed E-state index contributed by atoms with van der Waals surface area (Å²) in [5.74, 6) is -0.443. The Morgan fingerprint density at radius 2 is 0.565 bits per heavy atom. The normalized spacial score (nSPS) is 13.6. The molecule has 4 amide bonds. The van der Waals surface area contributed by atoms with Gasteiger partial charge in [-0.1, -0.05) is 311 Å². The number of ether oxygens (including phenoxy) is 6. The minimum atomic E-state index is -5.01. The second-order valence-electron chi connectivity index (χ2n) is 29.2. The van der Waals surface area contributed by atoms with Crippen LogP contribution in [0.4, 0.5) is 14.4 Å². The second-order valence-corrected chi connectivity index (χ2v) is 32.0. The molecule has 0 aromatic rings. The van der Waals surface area contributed by atoms with Gasteiger partial charge in [0, 0.05) is 38.8 Å². The first-order chi connectivity index (χ1) is 51.5. The van der Waals surface area contributed by atoms with Crippen molar-refractivity contribution in [3.63, 3.8) is 0 Å². The number of rotatable bonds is 82. The third-order valence-corrected chi connectivity index (χ3v) is 20.8. The van der Waals surface area contributed by atoms with E-state index in [1.807, 2.05) is 0 Å². The standard InChI is InChI=1S/C81H160N4O19P2.2Na/c1-7-13-19-25-29-33-37-41-47-53-63-97-80(89)84-73(69-95-65-59-75(55-49-43-23-17-11-5)103-77(86)57-51-45-39-35-31-27-21-15-9-3)71-101-105(91,92)99-67-61-82-79(88)83-62-68-100-106(93,94)102-72-74(85-81(90)98-64-54-48-42-38-34-30-26-20-14-8-2)70-96-66-60-76(56-50-44-24-18-12-6)104-78(87)58-52-46-40-36-32-28-22-16-10-4;;/h73-76H,7-72H2,1-6H3,(H,84,89)(H,85,90)(H,91,92)(H,93,94)(H2,82,83,88);;/q;2*+1/p-2/t73-,74-,75-,76-;;/m1../s1. The van der Waals surface area contributed by atoms with Crippen molar-refractivity contribution in [1.82, 2.24) is 21.3 Å². The molecule has 0 saturated heterocycles. The number of phosphoric acid groups is 2. The van der Waals surface area contributed by atoms with Gasteiger partial charge in [-0.3, -0.25) is 18.7 Å². The maximum atomic E-state index is 13.0. The van der Waals surface area contributed by atoms with Gasteiger partial charge in [-0.05, 0) is 51.4 Å². The Morgan fingerprint density at radius 3 is 0.852 bits per heavy atom. The van der Waals surface area contributed by atoms with Gasteiger partial charge in [0.15, 0.2) is 0 Å². The van der Waals surface area contributed by atoms with E-state index >= 15 is 0 Å². The first-order valence-corrected chi connectivity index (χ1v) is 46.1. The van der Waals surface area contributed by atoms with Crippen molar-refractivity contribution in [2.45, 2.75) is 413 Å². The Labute approximate surface area is 702 Å². The molecular weight excluding hydrogens is 1440 g/mol. The van der Waals surface area contributed by atoms with Gasteiger partial charge in [0.05, 0.1) is 78.2 Å². The maximum absolute atomic E-state index is 13.0. The molecule has 0 saturated carbocycles. The van der Waals surface area contributed by atoms with Crippen LogP contribution in [0.15, 0.2) is 0 Å². The molecule has 0 aliphatic rings. The van der Waals surface area contributed by atoms with Crippen LogP contribution in [0, 0.1) is 0 Å². The Bertz CT molecular complexity index is 1980. The molecule has 0 aromatic heterocycles. The third kappa shape index (κ3) is 80.1. The summed E-state index contributed by atoms with van der Waals surface area (Å²) >= 11 is 0. The molecule has 0 aliphatic carbocycles. The summed E-state index contributed by atoms with van der Waals surface area (Å²) in [7, 11) is -10.0. The van der Waals surface area contributed by atoms with Gasteiger partial charge < -0.3 is 77.6 Å². The number of carbonyl (C=O) groups is 5. The molecule has 6 atom stereocenters. The second kappa shape index (κ2) is 83.8. The van der Waals surface area contributed by atoms with Gasteiger partial charge in [-0.2, -0.15) is 0 Å². The summed E-state index contributed by atoms with van der Waals surface area (Å²) in [5, 5.41) is 10.2. The monoisotopic (exact) mass is 1600 g/mol. The fourth-order valence-electron chi connectivity index (χ4n) is 12.3. The molecular formula is C81H158N4Na2O19P2. The molecule has 108 heavy (non-hydrogen) atoms. The van der Waals surface area contributed by atoms with E-state index in [9.17, 15) is 42.9 Å². The zero-order chi connectivity index (χ0) is 77.8. The molecule has 0 heterocycles. The molecule has 0 spiro atoms. The number of esters is 2. The number of hydrogen-bond acceptors (Lipinski definition) is 19. The fourth-order valence-corrected chi connectivity index (χ4v) is 13.8. The number of nitrogens with one attached hydrogen (secondary N) is 4. The van der Waals surface area contributed by atoms with Gasteiger partial charge in [-0.15, -0.1) is 0 Å². The van der Waals surface area contributed by atoms with Crippen molar-refractivity contribution < 1.29 is 149 Å². The SMILES string of the molecule is CCCCCCCCCCCCOC(=O)N[C@H](COCC[C@@H](CCCCCCC)OC(=O)CCCCCCCCCCC)COP(=O)([O-])OCCNC(=O)NCCOP(=O)([O-])OC[C@@H](COCC[C@@H](CCCCCCC)OC(=O)CCCCCCCCCCC)NC(=O)OCCCCCCCCCCCC.[Na+].[Na+]. The summed E-state index contributed by atoms with van der Waals surface area (Å²) in [6, 6.07) is -2.74. The van der Waals surface area contributed by atoms with E-state index in [1.165, 1.54) is 154 Å². The predicted molar refractivity (Wildman–Crippen MR) is 422 cm³/mol.